The molecule has 0 spiro atoms. The molecule has 0 atom stereocenters. The lowest BCUT2D eigenvalue weighted by atomic mass is 10.2. The lowest BCUT2D eigenvalue weighted by Gasteiger charge is -2.34. The number of benzene rings is 1. The number of hydrogen-bond donors (Lipinski definition) is 1. The fourth-order valence-electron chi connectivity index (χ4n) is 1.75. The number of hydrogen-bond acceptors (Lipinski definition) is 3. The number of amides is 1. The van der Waals surface area contributed by atoms with Gasteiger partial charge in [0.1, 0.15) is 0 Å². The van der Waals surface area contributed by atoms with Gasteiger partial charge in [0.15, 0.2) is 0 Å². The van der Waals surface area contributed by atoms with Gasteiger partial charge in [-0.25, -0.2) is 0 Å². The van der Waals surface area contributed by atoms with E-state index in [0.717, 1.165) is 23.2 Å². The number of carbonyl (C=O) groups excluding carboxylic acids is 1. The van der Waals surface area contributed by atoms with Crippen LogP contribution in [0.15, 0.2) is 22.7 Å². The van der Waals surface area contributed by atoms with E-state index in [2.05, 4.69) is 15.9 Å². The summed E-state index contributed by atoms with van der Waals surface area (Å²) in [5.74, 6) is 0.130. The Kier molecular flexibility index (Phi) is 3.05. The van der Waals surface area contributed by atoms with E-state index in [9.17, 15) is 4.79 Å². The van der Waals surface area contributed by atoms with Crippen molar-refractivity contribution in [2.75, 3.05) is 37.3 Å². The Morgan fingerprint density at radius 2 is 2.12 bits per heavy atom. The van der Waals surface area contributed by atoms with E-state index in [1.165, 1.54) is 0 Å². The van der Waals surface area contributed by atoms with Gasteiger partial charge < -0.3 is 15.5 Å². The van der Waals surface area contributed by atoms with E-state index < -0.39 is 0 Å². The molecule has 0 saturated carbocycles. The minimum Gasteiger partial charge on any atom is -0.397 e. The molecule has 86 valence electrons. The summed E-state index contributed by atoms with van der Waals surface area (Å²) in [5.41, 5.74) is 7.55. The number of nitrogens with zero attached hydrogens (tertiary/aromatic N) is 2. The van der Waals surface area contributed by atoms with Crippen LogP contribution in [0.5, 0.6) is 0 Å². The SMILES string of the molecule is CN1CCN(c2cc(Br)ccc2N)CC1=O. The molecule has 2 rings (SSSR count). The largest absolute Gasteiger partial charge is 0.397 e. The fourth-order valence-corrected chi connectivity index (χ4v) is 2.10. The quantitative estimate of drug-likeness (QED) is 0.791. The summed E-state index contributed by atoms with van der Waals surface area (Å²) in [7, 11) is 1.82. The number of piperazine rings is 1. The molecule has 0 radical (unpaired) electrons. The Morgan fingerprint density at radius 1 is 1.38 bits per heavy atom. The maximum Gasteiger partial charge on any atom is 0.241 e. The van der Waals surface area contributed by atoms with Gasteiger partial charge in [-0.1, -0.05) is 15.9 Å². The molecule has 5 heteroatoms. The summed E-state index contributed by atoms with van der Waals surface area (Å²) in [6, 6.07) is 5.70. The van der Waals surface area contributed by atoms with Crippen molar-refractivity contribution in [2.45, 2.75) is 0 Å². The molecule has 1 aliphatic rings. The van der Waals surface area contributed by atoms with Crippen LogP contribution in [-0.4, -0.2) is 37.5 Å². The number of anilines is 2. The van der Waals surface area contributed by atoms with Crippen molar-refractivity contribution in [1.29, 1.82) is 0 Å². The standard InChI is InChI=1S/C11H14BrN3O/c1-14-4-5-15(7-11(14)16)10-6-8(12)2-3-9(10)13/h2-3,6H,4-5,7,13H2,1H3. The monoisotopic (exact) mass is 283 g/mol. The molecule has 1 saturated heterocycles. The van der Waals surface area contributed by atoms with Crippen LogP contribution in [0.4, 0.5) is 11.4 Å². The summed E-state index contributed by atoms with van der Waals surface area (Å²) < 4.78 is 0.975. The molecule has 1 aliphatic heterocycles. The molecular weight excluding hydrogens is 270 g/mol. The van der Waals surface area contributed by atoms with Crippen molar-refractivity contribution in [3.63, 3.8) is 0 Å². The molecule has 0 unspecified atom stereocenters. The average molecular weight is 284 g/mol. The first-order valence-corrected chi connectivity index (χ1v) is 5.91. The molecular formula is C11H14BrN3O. The van der Waals surface area contributed by atoms with E-state index in [0.29, 0.717) is 12.2 Å². The van der Waals surface area contributed by atoms with Crippen molar-refractivity contribution in [1.82, 2.24) is 4.90 Å². The summed E-state index contributed by atoms with van der Waals surface area (Å²) in [4.78, 5) is 15.4. The van der Waals surface area contributed by atoms with E-state index in [-0.39, 0.29) is 5.91 Å². The van der Waals surface area contributed by atoms with E-state index in [4.69, 9.17) is 5.73 Å². The fraction of sp³-hybridized carbons (Fsp3) is 0.364. The third-order valence-corrected chi connectivity index (χ3v) is 3.28. The van der Waals surface area contributed by atoms with Crippen LogP contribution in [0.3, 0.4) is 0 Å². The van der Waals surface area contributed by atoms with Crippen LogP contribution in [0, 0.1) is 0 Å². The minimum absolute atomic E-state index is 0.130. The van der Waals surface area contributed by atoms with Crippen LogP contribution in [0.25, 0.3) is 0 Å². The molecule has 1 aromatic rings. The van der Waals surface area contributed by atoms with Gasteiger partial charge in [0.05, 0.1) is 17.9 Å². The van der Waals surface area contributed by atoms with Crippen LogP contribution in [0.2, 0.25) is 0 Å². The first-order valence-electron chi connectivity index (χ1n) is 5.12. The Labute approximate surface area is 103 Å². The van der Waals surface area contributed by atoms with Crippen LogP contribution >= 0.6 is 15.9 Å². The van der Waals surface area contributed by atoms with Gasteiger partial charge in [0.25, 0.3) is 0 Å². The van der Waals surface area contributed by atoms with Gasteiger partial charge in [0.2, 0.25) is 5.91 Å². The maximum absolute atomic E-state index is 11.6. The second-order valence-electron chi connectivity index (χ2n) is 3.94. The van der Waals surface area contributed by atoms with Gasteiger partial charge >= 0.3 is 0 Å². The van der Waals surface area contributed by atoms with Gasteiger partial charge in [-0.2, -0.15) is 0 Å². The molecule has 1 amide bonds. The van der Waals surface area contributed by atoms with Crippen molar-refractivity contribution >= 4 is 33.2 Å². The Balaban J connectivity index is 2.24. The number of nitrogen functional groups attached to an aromatic ring is 1. The predicted octanol–water partition coefficient (Wildman–Crippen LogP) is 1.31. The van der Waals surface area contributed by atoms with Crippen LogP contribution in [-0.2, 0) is 4.79 Å². The smallest absolute Gasteiger partial charge is 0.241 e. The van der Waals surface area contributed by atoms with Gasteiger partial charge in [0, 0.05) is 24.6 Å². The van der Waals surface area contributed by atoms with Gasteiger partial charge in [-0.3, -0.25) is 4.79 Å². The highest BCUT2D eigenvalue weighted by molar-refractivity contribution is 9.10. The number of likely N-dealkylation sites (N-methyl/N-ethyl adjacent to an activating group) is 1. The lowest BCUT2D eigenvalue weighted by Crippen LogP contribution is -2.48. The molecule has 0 aromatic heterocycles. The van der Waals surface area contributed by atoms with E-state index in [1.807, 2.05) is 30.1 Å². The minimum atomic E-state index is 0.130. The first kappa shape index (κ1) is 11.3. The highest BCUT2D eigenvalue weighted by Crippen LogP contribution is 2.27. The molecule has 16 heavy (non-hydrogen) atoms. The van der Waals surface area contributed by atoms with Crippen LogP contribution in [0.1, 0.15) is 0 Å². The number of rotatable bonds is 1. The maximum atomic E-state index is 11.6. The summed E-state index contributed by atoms with van der Waals surface area (Å²) in [6.07, 6.45) is 0. The molecule has 0 bridgehead atoms. The Morgan fingerprint density at radius 3 is 2.81 bits per heavy atom. The molecule has 4 nitrogen and oxygen atoms in total. The molecule has 1 fully saturated rings. The zero-order valence-electron chi connectivity index (χ0n) is 9.11. The van der Waals surface area contributed by atoms with E-state index in [1.54, 1.807) is 4.90 Å². The molecule has 2 N–H and O–H groups in total. The highest BCUT2D eigenvalue weighted by Gasteiger charge is 2.22. The van der Waals surface area contributed by atoms with Crippen molar-refractivity contribution in [2.24, 2.45) is 0 Å². The zero-order valence-corrected chi connectivity index (χ0v) is 10.7. The van der Waals surface area contributed by atoms with Gasteiger partial charge in [-0.05, 0) is 18.2 Å². The number of nitrogens with two attached hydrogens (primary N) is 1. The van der Waals surface area contributed by atoms with Crippen molar-refractivity contribution in [3.05, 3.63) is 22.7 Å². The summed E-state index contributed by atoms with van der Waals surface area (Å²) in [5, 5.41) is 0. The van der Waals surface area contributed by atoms with Crippen LogP contribution < -0.4 is 10.6 Å². The van der Waals surface area contributed by atoms with Crippen molar-refractivity contribution < 1.29 is 4.79 Å². The molecule has 1 heterocycles. The second kappa shape index (κ2) is 4.33. The third-order valence-electron chi connectivity index (χ3n) is 2.79. The predicted molar refractivity (Wildman–Crippen MR) is 68.4 cm³/mol. The Hall–Kier alpha value is -1.23. The number of carbonyl (C=O) groups is 1. The third kappa shape index (κ3) is 2.14. The second-order valence-corrected chi connectivity index (χ2v) is 4.86. The summed E-state index contributed by atoms with van der Waals surface area (Å²) in [6.45, 7) is 1.96. The first-order chi connectivity index (χ1) is 7.58. The number of halogens is 1. The highest BCUT2D eigenvalue weighted by atomic mass is 79.9. The van der Waals surface area contributed by atoms with E-state index >= 15 is 0 Å². The zero-order chi connectivity index (χ0) is 11.7. The lowest BCUT2D eigenvalue weighted by molar-refractivity contribution is -0.129. The molecule has 1 aromatic carbocycles. The average Bonchev–Trinajstić information content (AvgIpc) is 2.26. The summed E-state index contributed by atoms with van der Waals surface area (Å²) >= 11 is 3.41. The van der Waals surface area contributed by atoms with Crippen molar-refractivity contribution in [3.8, 4) is 0 Å². The normalized spacial score (nSPS) is 16.8. The van der Waals surface area contributed by atoms with Gasteiger partial charge in [-0.15, -0.1) is 0 Å². The molecule has 0 aliphatic carbocycles. The Bertz CT molecular complexity index is 422. The topological polar surface area (TPSA) is 49.6 Å².